The minimum Gasteiger partial charge on any atom is -0.462 e. The highest BCUT2D eigenvalue weighted by Crippen LogP contribution is 2.17. The fraction of sp³-hybridized carbons (Fsp3) is 0.736. The summed E-state index contributed by atoms with van der Waals surface area (Å²) in [6.07, 6.45) is 88.7. The van der Waals surface area contributed by atoms with Crippen LogP contribution in [0.1, 0.15) is 323 Å². The van der Waals surface area contributed by atoms with Crippen molar-refractivity contribution in [1.82, 2.24) is 0 Å². The van der Waals surface area contributed by atoms with Crippen LogP contribution in [0.4, 0.5) is 0 Å². The maximum Gasteiger partial charge on any atom is 0.306 e. The summed E-state index contributed by atoms with van der Waals surface area (Å²) >= 11 is 0. The zero-order valence-corrected chi connectivity index (χ0v) is 51.4. The second-order valence-corrected chi connectivity index (χ2v) is 22.0. The molecule has 0 saturated heterocycles. The normalized spacial score (nSPS) is 12.7. The Kier molecular flexibility index (Phi) is 62.7. The standard InChI is InChI=1S/C72H124O6/c1-4-7-10-13-16-19-22-25-27-28-29-30-31-32-33-34-35-36-37-38-39-40-41-42-43-44-46-47-50-53-56-59-62-65-71(74)77-68-69(67-76-70(73)64-61-58-55-52-49-24-21-18-15-12-9-6-3)78-72(75)66-63-60-57-54-51-48-45-26-23-20-17-14-11-8-5-2/h7-8,10-11,16-21,25-27,29-30,45,69H,4-6,9,12-15,22-24,28,31-44,46-68H2,1-3H3/b10-7-,11-8-,19-16-,20-17-,21-18-,27-25-,30-29-,45-26-. The van der Waals surface area contributed by atoms with Crippen molar-refractivity contribution in [3.05, 3.63) is 97.2 Å². The summed E-state index contributed by atoms with van der Waals surface area (Å²) in [6, 6.07) is 0. The zero-order valence-electron chi connectivity index (χ0n) is 51.4. The van der Waals surface area contributed by atoms with Crippen LogP contribution in [0, 0.1) is 0 Å². The molecule has 0 saturated carbocycles. The van der Waals surface area contributed by atoms with Gasteiger partial charge in [-0.05, 0) is 116 Å². The third-order valence-electron chi connectivity index (χ3n) is 14.3. The third kappa shape index (κ3) is 63.2. The van der Waals surface area contributed by atoms with Crippen LogP contribution in [0.5, 0.6) is 0 Å². The van der Waals surface area contributed by atoms with Crippen LogP contribution in [0.3, 0.4) is 0 Å². The number of ether oxygens (including phenoxy) is 3. The highest BCUT2D eigenvalue weighted by Gasteiger charge is 2.19. The molecule has 0 bridgehead atoms. The summed E-state index contributed by atoms with van der Waals surface area (Å²) in [5, 5.41) is 0. The molecule has 6 nitrogen and oxygen atoms in total. The molecule has 0 spiro atoms. The molecule has 0 aliphatic heterocycles. The SMILES string of the molecule is CC/C=C\C/C=C\C/C=C\C/C=C\CCCCCCCCCCCCCCCCCCCCCCC(=O)OCC(COC(=O)CCCCCCC/C=C\CCCCC)OC(=O)CCCCCCC/C=C\C/C=C\C/C=C\CC. The van der Waals surface area contributed by atoms with E-state index in [1.165, 1.54) is 154 Å². The molecule has 0 N–H and O–H groups in total. The second-order valence-electron chi connectivity index (χ2n) is 22.0. The largest absolute Gasteiger partial charge is 0.462 e. The Bertz CT molecular complexity index is 1530. The lowest BCUT2D eigenvalue weighted by Crippen LogP contribution is -2.30. The molecule has 0 aliphatic carbocycles. The first-order chi connectivity index (χ1) is 38.5. The van der Waals surface area contributed by atoms with E-state index in [1.807, 2.05) is 0 Å². The monoisotopic (exact) mass is 1080 g/mol. The van der Waals surface area contributed by atoms with Crippen molar-refractivity contribution >= 4 is 17.9 Å². The van der Waals surface area contributed by atoms with Gasteiger partial charge in [-0.25, -0.2) is 0 Å². The fourth-order valence-corrected chi connectivity index (χ4v) is 9.39. The van der Waals surface area contributed by atoms with Gasteiger partial charge >= 0.3 is 17.9 Å². The Labute approximate surface area is 483 Å². The molecule has 0 aliphatic rings. The van der Waals surface area contributed by atoms with Crippen molar-refractivity contribution in [3.63, 3.8) is 0 Å². The van der Waals surface area contributed by atoms with Crippen LogP contribution >= 0.6 is 0 Å². The van der Waals surface area contributed by atoms with Gasteiger partial charge in [0.2, 0.25) is 0 Å². The first-order valence-corrected chi connectivity index (χ1v) is 33.2. The van der Waals surface area contributed by atoms with Crippen molar-refractivity contribution < 1.29 is 28.6 Å². The molecule has 0 radical (unpaired) electrons. The molecule has 0 aromatic heterocycles. The summed E-state index contributed by atoms with van der Waals surface area (Å²) in [4.78, 5) is 38.2. The maximum absolute atomic E-state index is 12.9. The number of hydrogen-bond acceptors (Lipinski definition) is 6. The Morgan fingerprint density at radius 3 is 0.795 bits per heavy atom. The third-order valence-corrected chi connectivity index (χ3v) is 14.3. The Morgan fingerprint density at radius 2 is 0.500 bits per heavy atom. The van der Waals surface area contributed by atoms with E-state index in [1.54, 1.807) is 0 Å². The van der Waals surface area contributed by atoms with Gasteiger partial charge < -0.3 is 14.2 Å². The number of allylic oxidation sites excluding steroid dienone is 16. The molecular formula is C72H124O6. The van der Waals surface area contributed by atoms with Gasteiger partial charge in [-0.15, -0.1) is 0 Å². The van der Waals surface area contributed by atoms with Gasteiger partial charge in [0.05, 0.1) is 0 Å². The van der Waals surface area contributed by atoms with Gasteiger partial charge in [0.25, 0.3) is 0 Å². The van der Waals surface area contributed by atoms with E-state index < -0.39 is 6.10 Å². The van der Waals surface area contributed by atoms with Crippen LogP contribution < -0.4 is 0 Å². The molecule has 0 fully saturated rings. The van der Waals surface area contributed by atoms with Crippen molar-refractivity contribution in [2.75, 3.05) is 13.2 Å². The zero-order chi connectivity index (χ0) is 56.4. The van der Waals surface area contributed by atoms with Crippen LogP contribution in [0.15, 0.2) is 97.2 Å². The van der Waals surface area contributed by atoms with Crippen LogP contribution in [-0.4, -0.2) is 37.2 Å². The van der Waals surface area contributed by atoms with Gasteiger partial charge in [0, 0.05) is 19.3 Å². The molecule has 0 aromatic rings. The van der Waals surface area contributed by atoms with Gasteiger partial charge in [-0.1, -0.05) is 285 Å². The van der Waals surface area contributed by atoms with Gasteiger partial charge in [0.1, 0.15) is 13.2 Å². The summed E-state index contributed by atoms with van der Waals surface area (Å²) in [5.41, 5.74) is 0. The summed E-state index contributed by atoms with van der Waals surface area (Å²) in [7, 11) is 0. The van der Waals surface area contributed by atoms with E-state index in [4.69, 9.17) is 14.2 Å². The number of rotatable bonds is 60. The average molecular weight is 1090 g/mol. The number of carbonyl (C=O) groups is 3. The van der Waals surface area contributed by atoms with Crippen molar-refractivity contribution in [1.29, 1.82) is 0 Å². The number of esters is 3. The molecule has 6 heteroatoms. The van der Waals surface area contributed by atoms with Crippen LogP contribution in [0.25, 0.3) is 0 Å². The smallest absolute Gasteiger partial charge is 0.306 e. The van der Waals surface area contributed by atoms with Crippen molar-refractivity contribution in [2.24, 2.45) is 0 Å². The van der Waals surface area contributed by atoms with E-state index in [0.717, 1.165) is 128 Å². The first kappa shape index (κ1) is 74.3. The molecule has 78 heavy (non-hydrogen) atoms. The summed E-state index contributed by atoms with van der Waals surface area (Å²) < 4.78 is 16.9. The van der Waals surface area contributed by atoms with E-state index >= 15 is 0 Å². The number of carbonyl (C=O) groups excluding carboxylic acids is 3. The van der Waals surface area contributed by atoms with Crippen molar-refractivity contribution in [2.45, 2.75) is 329 Å². The van der Waals surface area contributed by atoms with Crippen LogP contribution in [0.2, 0.25) is 0 Å². The maximum atomic E-state index is 12.9. The van der Waals surface area contributed by atoms with E-state index in [-0.39, 0.29) is 31.1 Å². The molecule has 1 unspecified atom stereocenters. The number of unbranched alkanes of at least 4 members (excludes halogenated alkanes) is 33. The lowest BCUT2D eigenvalue weighted by atomic mass is 10.0. The minimum atomic E-state index is -0.788. The molecule has 0 rings (SSSR count). The lowest BCUT2D eigenvalue weighted by Gasteiger charge is -2.18. The highest BCUT2D eigenvalue weighted by molar-refractivity contribution is 5.71. The molecule has 0 aromatic carbocycles. The van der Waals surface area contributed by atoms with Gasteiger partial charge in [-0.3, -0.25) is 14.4 Å². The van der Waals surface area contributed by atoms with Gasteiger partial charge in [-0.2, -0.15) is 0 Å². The number of hydrogen-bond donors (Lipinski definition) is 0. The predicted molar refractivity (Wildman–Crippen MR) is 339 cm³/mol. The first-order valence-electron chi connectivity index (χ1n) is 33.2. The molecule has 0 amide bonds. The Hall–Kier alpha value is -3.67. The topological polar surface area (TPSA) is 78.9 Å². The second kappa shape index (κ2) is 65.8. The molecule has 0 heterocycles. The Morgan fingerprint density at radius 1 is 0.269 bits per heavy atom. The minimum absolute atomic E-state index is 0.0839. The van der Waals surface area contributed by atoms with Crippen molar-refractivity contribution in [3.8, 4) is 0 Å². The summed E-state index contributed by atoms with van der Waals surface area (Å²) in [6.45, 7) is 6.40. The Balaban J connectivity index is 4.12. The van der Waals surface area contributed by atoms with Gasteiger partial charge in [0.15, 0.2) is 6.10 Å². The molecule has 1 atom stereocenters. The highest BCUT2D eigenvalue weighted by atomic mass is 16.6. The predicted octanol–water partition coefficient (Wildman–Crippen LogP) is 22.8. The van der Waals surface area contributed by atoms with E-state index in [9.17, 15) is 14.4 Å². The van der Waals surface area contributed by atoms with E-state index in [2.05, 4.69) is 118 Å². The molecule has 448 valence electrons. The molecular weight excluding hydrogens is 961 g/mol. The van der Waals surface area contributed by atoms with E-state index in [0.29, 0.717) is 19.3 Å². The van der Waals surface area contributed by atoms with Crippen LogP contribution in [-0.2, 0) is 28.6 Å². The summed E-state index contributed by atoms with van der Waals surface area (Å²) in [5.74, 6) is -0.899. The average Bonchev–Trinajstić information content (AvgIpc) is 3.44. The quantitative estimate of drug-likeness (QED) is 0.0261. The fourth-order valence-electron chi connectivity index (χ4n) is 9.39. The lowest BCUT2D eigenvalue weighted by molar-refractivity contribution is -0.167.